The van der Waals surface area contributed by atoms with Crippen molar-refractivity contribution in [3.05, 3.63) is 29.3 Å². The van der Waals surface area contributed by atoms with E-state index in [0.29, 0.717) is 25.6 Å². The van der Waals surface area contributed by atoms with E-state index in [1.807, 2.05) is 32.0 Å². The van der Waals surface area contributed by atoms with E-state index in [4.69, 9.17) is 4.84 Å². The van der Waals surface area contributed by atoms with Crippen LogP contribution in [0.3, 0.4) is 0 Å². The summed E-state index contributed by atoms with van der Waals surface area (Å²) in [5.74, 6) is -0.120. The van der Waals surface area contributed by atoms with Crippen LogP contribution in [0, 0.1) is 13.8 Å². The Hall–Kier alpha value is -1.92. The van der Waals surface area contributed by atoms with Crippen LogP contribution in [0.25, 0.3) is 0 Å². The summed E-state index contributed by atoms with van der Waals surface area (Å²) < 4.78 is 0. The molecule has 6 heteroatoms. The maximum atomic E-state index is 12.4. The SMILES string of the molecule is CON(C)C(=O)CCN(CC(=O)Nc1c(C)cccc1C)C1CC1. The molecule has 24 heavy (non-hydrogen) atoms. The zero-order chi connectivity index (χ0) is 17.7. The molecule has 2 amide bonds. The summed E-state index contributed by atoms with van der Waals surface area (Å²) in [6.07, 6.45) is 2.52. The third-order valence-electron chi connectivity index (χ3n) is 4.39. The van der Waals surface area contributed by atoms with Crippen LogP contribution in [-0.2, 0) is 14.4 Å². The van der Waals surface area contributed by atoms with Gasteiger partial charge in [0, 0.05) is 31.7 Å². The highest BCUT2D eigenvalue weighted by atomic mass is 16.7. The quantitative estimate of drug-likeness (QED) is 0.740. The van der Waals surface area contributed by atoms with E-state index in [1.54, 1.807) is 7.05 Å². The van der Waals surface area contributed by atoms with Crippen molar-refractivity contribution in [2.24, 2.45) is 0 Å². The molecule has 0 atom stereocenters. The predicted octanol–water partition coefficient (Wildman–Crippen LogP) is 2.12. The Kier molecular flexibility index (Phi) is 6.34. The molecule has 0 aromatic heterocycles. The van der Waals surface area contributed by atoms with Gasteiger partial charge in [0.25, 0.3) is 0 Å². The van der Waals surface area contributed by atoms with Crippen LogP contribution in [0.15, 0.2) is 18.2 Å². The van der Waals surface area contributed by atoms with Crippen LogP contribution in [0.4, 0.5) is 5.69 Å². The van der Waals surface area contributed by atoms with Crippen LogP contribution >= 0.6 is 0 Å². The smallest absolute Gasteiger partial charge is 0.247 e. The number of hydroxylamine groups is 2. The van der Waals surface area contributed by atoms with E-state index in [-0.39, 0.29) is 11.8 Å². The lowest BCUT2D eigenvalue weighted by atomic mass is 10.1. The zero-order valence-electron chi connectivity index (χ0n) is 15.0. The van der Waals surface area contributed by atoms with Crippen molar-refractivity contribution < 1.29 is 14.4 Å². The minimum Gasteiger partial charge on any atom is -0.324 e. The maximum absolute atomic E-state index is 12.4. The molecule has 1 aliphatic carbocycles. The molecule has 1 aromatic carbocycles. The number of rotatable bonds is 8. The van der Waals surface area contributed by atoms with Gasteiger partial charge in [0.1, 0.15) is 0 Å². The number of amides is 2. The van der Waals surface area contributed by atoms with Gasteiger partial charge < -0.3 is 5.32 Å². The number of aryl methyl sites for hydroxylation is 2. The highest BCUT2D eigenvalue weighted by molar-refractivity contribution is 5.93. The molecule has 2 rings (SSSR count). The van der Waals surface area contributed by atoms with Crippen LogP contribution in [-0.4, -0.2) is 55.1 Å². The molecule has 1 N–H and O–H groups in total. The van der Waals surface area contributed by atoms with E-state index < -0.39 is 0 Å². The Morgan fingerprint density at radius 1 is 1.25 bits per heavy atom. The molecular formula is C18H27N3O3. The lowest BCUT2D eigenvalue weighted by Gasteiger charge is -2.23. The molecule has 0 spiro atoms. The molecular weight excluding hydrogens is 306 g/mol. The van der Waals surface area contributed by atoms with Gasteiger partial charge in [0.2, 0.25) is 11.8 Å². The summed E-state index contributed by atoms with van der Waals surface area (Å²) in [5, 5.41) is 4.24. The van der Waals surface area contributed by atoms with Gasteiger partial charge in [-0.2, -0.15) is 0 Å². The lowest BCUT2D eigenvalue weighted by Crippen LogP contribution is -2.38. The van der Waals surface area contributed by atoms with Crippen LogP contribution < -0.4 is 5.32 Å². The van der Waals surface area contributed by atoms with Crippen molar-refractivity contribution in [2.75, 3.05) is 32.6 Å². The molecule has 0 aliphatic heterocycles. The maximum Gasteiger partial charge on any atom is 0.247 e. The van der Waals surface area contributed by atoms with Crippen LogP contribution in [0.1, 0.15) is 30.4 Å². The second kappa shape index (κ2) is 8.26. The van der Waals surface area contributed by atoms with Gasteiger partial charge in [0.05, 0.1) is 13.7 Å². The predicted molar refractivity (Wildman–Crippen MR) is 93.5 cm³/mol. The number of nitrogens with one attached hydrogen (secondary N) is 1. The summed E-state index contributed by atoms with van der Waals surface area (Å²) in [6.45, 7) is 4.85. The van der Waals surface area contributed by atoms with Gasteiger partial charge in [-0.05, 0) is 37.8 Å². The fourth-order valence-corrected chi connectivity index (χ4v) is 2.70. The van der Waals surface area contributed by atoms with Crippen molar-refractivity contribution in [2.45, 2.75) is 39.2 Å². The first kappa shape index (κ1) is 18.4. The summed E-state index contributed by atoms with van der Waals surface area (Å²) in [6, 6.07) is 6.37. The van der Waals surface area contributed by atoms with Crippen molar-refractivity contribution in [3.8, 4) is 0 Å². The first-order valence-electron chi connectivity index (χ1n) is 8.33. The minimum atomic E-state index is -0.0849. The number of hydrogen-bond donors (Lipinski definition) is 1. The average molecular weight is 333 g/mol. The number of benzene rings is 1. The zero-order valence-corrected chi connectivity index (χ0v) is 15.0. The van der Waals surface area contributed by atoms with Crippen molar-refractivity contribution in [3.63, 3.8) is 0 Å². The van der Waals surface area contributed by atoms with Gasteiger partial charge in [-0.3, -0.25) is 19.3 Å². The summed E-state index contributed by atoms with van der Waals surface area (Å²) in [4.78, 5) is 31.3. The number of carbonyl (C=O) groups excluding carboxylic acids is 2. The second-order valence-electron chi connectivity index (χ2n) is 6.34. The van der Waals surface area contributed by atoms with E-state index in [0.717, 1.165) is 29.7 Å². The third kappa shape index (κ3) is 5.04. The number of hydrogen-bond acceptors (Lipinski definition) is 4. The molecule has 1 fully saturated rings. The highest BCUT2D eigenvalue weighted by Gasteiger charge is 2.30. The van der Waals surface area contributed by atoms with E-state index in [2.05, 4.69) is 10.2 Å². The first-order chi connectivity index (χ1) is 11.4. The van der Waals surface area contributed by atoms with E-state index >= 15 is 0 Å². The summed E-state index contributed by atoms with van der Waals surface area (Å²) >= 11 is 0. The molecule has 1 aliphatic rings. The summed E-state index contributed by atoms with van der Waals surface area (Å²) in [7, 11) is 3.06. The molecule has 0 unspecified atom stereocenters. The van der Waals surface area contributed by atoms with Gasteiger partial charge in [-0.25, -0.2) is 5.06 Å². The molecule has 0 saturated heterocycles. The average Bonchev–Trinajstić information content (AvgIpc) is 3.38. The molecule has 0 radical (unpaired) electrons. The largest absolute Gasteiger partial charge is 0.324 e. The van der Waals surface area contributed by atoms with Gasteiger partial charge >= 0.3 is 0 Å². The fraction of sp³-hybridized carbons (Fsp3) is 0.556. The Balaban J connectivity index is 1.91. The molecule has 1 saturated carbocycles. The monoisotopic (exact) mass is 333 g/mol. The molecule has 1 aromatic rings. The van der Waals surface area contributed by atoms with Gasteiger partial charge in [-0.1, -0.05) is 18.2 Å². The van der Waals surface area contributed by atoms with Gasteiger partial charge in [-0.15, -0.1) is 0 Å². The van der Waals surface area contributed by atoms with E-state index in [1.165, 1.54) is 12.2 Å². The first-order valence-corrected chi connectivity index (χ1v) is 8.33. The lowest BCUT2D eigenvalue weighted by molar-refractivity contribution is -0.169. The summed E-state index contributed by atoms with van der Waals surface area (Å²) in [5.41, 5.74) is 2.99. The number of carbonyl (C=O) groups is 2. The van der Waals surface area contributed by atoms with Crippen molar-refractivity contribution in [1.82, 2.24) is 9.96 Å². The van der Waals surface area contributed by atoms with Crippen molar-refractivity contribution in [1.29, 1.82) is 0 Å². The molecule has 6 nitrogen and oxygen atoms in total. The normalized spacial score (nSPS) is 13.9. The second-order valence-corrected chi connectivity index (χ2v) is 6.34. The van der Waals surface area contributed by atoms with Crippen LogP contribution in [0.2, 0.25) is 0 Å². The Labute approximate surface area is 143 Å². The van der Waals surface area contributed by atoms with Crippen molar-refractivity contribution >= 4 is 17.5 Å². The fourth-order valence-electron chi connectivity index (χ4n) is 2.70. The molecule has 0 heterocycles. The number of para-hydroxylation sites is 1. The topological polar surface area (TPSA) is 61.9 Å². The number of nitrogens with zero attached hydrogens (tertiary/aromatic N) is 2. The molecule has 132 valence electrons. The van der Waals surface area contributed by atoms with E-state index in [9.17, 15) is 9.59 Å². The Morgan fingerprint density at radius 2 is 1.88 bits per heavy atom. The standard InChI is InChI=1S/C18H27N3O3/c1-13-6-5-7-14(2)18(13)19-16(22)12-21(15-8-9-15)11-10-17(23)20(3)24-4/h5-7,15H,8-12H2,1-4H3,(H,19,22). The Bertz CT molecular complexity index is 579. The highest BCUT2D eigenvalue weighted by Crippen LogP contribution is 2.27. The molecule has 0 bridgehead atoms. The number of anilines is 1. The third-order valence-corrected chi connectivity index (χ3v) is 4.39. The minimum absolute atomic E-state index is 0.0353. The van der Waals surface area contributed by atoms with Crippen LogP contribution in [0.5, 0.6) is 0 Å². The Morgan fingerprint density at radius 3 is 2.42 bits per heavy atom. The van der Waals surface area contributed by atoms with Gasteiger partial charge in [0.15, 0.2) is 0 Å².